The summed E-state index contributed by atoms with van der Waals surface area (Å²) in [5.41, 5.74) is 3.77. The third-order valence-corrected chi connectivity index (χ3v) is 6.63. The number of anilines is 1. The van der Waals surface area contributed by atoms with Gasteiger partial charge in [-0.15, -0.1) is 5.10 Å². The highest BCUT2D eigenvalue weighted by Crippen LogP contribution is 2.42. The smallest absolute Gasteiger partial charge is 0.414 e. The van der Waals surface area contributed by atoms with Gasteiger partial charge in [0, 0.05) is 31.0 Å². The van der Waals surface area contributed by atoms with Crippen molar-refractivity contribution < 1.29 is 23.6 Å². The number of rotatable bonds is 6. The minimum Gasteiger partial charge on any atom is -0.444 e. The first-order chi connectivity index (χ1) is 18.2. The number of ether oxygens (including phenoxy) is 1. The van der Waals surface area contributed by atoms with Crippen molar-refractivity contribution in [1.29, 1.82) is 0 Å². The summed E-state index contributed by atoms with van der Waals surface area (Å²) in [4.78, 5) is 37.3. The molecule has 9 nitrogen and oxygen atoms in total. The number of hydrogen-bond donors (Lipinski definition) is 0. The van der Waals surface area contributed by atoms with Gasteiger partial charge in [-0.25, -0.2) is 23.7 Å². The number of carbonyl (C=O) groups is 2. The van der Waals surface area contributed by atoms with Crippen molar-refractivity contribution in [3.05, 3.63) is 94.7 Å². The van der Waals surface area contributed by atoms with E-state index in [1.54, 1.807) is 21.5 Å². The van der Waals surface area contributed by atoms with E-state index in [0.717, 1.165) is 27.4 Å². The lowest BCUT2D eigenvalue weighted by Crippen LogP contribution is -2.34. The van der Waals surface area contributed by atoms with Crippen LogP contribution in [-0.2, 0) is 28.0 Å². The van der Waals surface area contributed by atoms with E-state index >= 15 is 0 Å². The number of aromatic nitrogens is 3. The molecule has 0 fully saturated rings. The Morgan fingerprint density at radius 1 is 1.08 bits per heavy atom. The number of carbonyl (C=O) groups excluding carboxylic acids is 2. The van der Waals surface area contributed by atoms with Crippen LogP contribution in [0.15, 0.2) is 60.7 Å². The van der Waals surface area contributed by atoms with Crippen molar-refractivity contribution in [1.82, 2.24) is 19.7 Å². The summed E-state index contributed by atoms with van der Waals surface area (Å²) < 4.78 is 20.8. The molecule has 1 aliphatic rings. The van der Waals surface area contributed by atoms with Gasteiger partial charge in [0.05, 0.1) is 18.5 Å². The van der Waals surface area contributed by atoms with Gasteiger partial charge in [-0.3, -0.25) is 14.5 Å². The second-order valence-electron chi connectivity index (χ2n) is 9.87. The molecule has 10 heteroatoms. The number of hydroxylamine groups is 2. The minimum absolute atomic E-state index is 0.0380. The molecule has 0 saturated carbocycles. The first-order valence-electron chi connectivity index (χ1n) is 12.2. The maximum Gasteiger partial charge on any atom is 0.414 e. The summed E-state index contributed by atoms with van der Waals surface area (Å²) in [6.07, 6.45) is -0.0973. The SMILES string of the molecule is CON(C)C(=O)c1nc2c(Cc3ccc(F)cc3)cc3c(n2n1)C(C)(C)CN3C(=O)OCc1ccccc1. The molecule has 2 aromatic carbocycles. The number of hydrogen-bond acceptors (Lipinski definition) is 6. The van der Waals surface area contributed by atoms with Gasteiger partial charge >= 0.3 is 12.0 Å². The molecule has 0 bridgehead atoms. The molecule has 3 heterocycles. The second kappa shape index (κ2) is 9.86. The molecule has 5 rings (SSSR count). The molecule has 0 N–H and O–H groups in total. The Balaban J connectivity index is 1.60. The molecule has 2 amide bonds. The lowest BCUT2D eigenvalue weighted by atomic mass is 9.90. The second-order valence-corrected chi connectivity index (χ2v) is 9.87. The number of fused-ring (bicyclic) bond motifs is 3. The van der Waals surface area contributed by atoms with Crippen molar-refractivity contribution in [3.8, 4) is 0 Å². The molecule has 2 aromatic heterocycles. The fourth-order valence-corrected chi connectivity index (χ4v) is 4.70. The summed E-state index contributed by atoms with van der Waals surface area (Å²) in [7, 11) is 2.86. The third-order valence-electron chi connectivity index (χ3n) is 6.63. The normalized spacial score (nSPS) is 14.0. The fraction of sp³-hybridized carbons (Fsp3) is 0.286. The average molecular weight is 518 g/mol. The molecule has 0 aliphatic carbocycles. The van der Waals surface area contributed by atoms with Crippen LogP contribution in [0.25, 0.3) is 5.65 Å². The van der Waals surface area contributed by atoms with E-state index in [1.165, 1.54) is 26.3 Å². The van der Waals surface area contributed by atoms with E-state index in [4.69, 9.17) is 9.57 Å². The Morgan fingerprint density at radius 2 is 1.79 bits per heavy atom. The van der Waals surface area contributed by atoms with Crippen LogP contribution in [-0.4, -0.2) is 52.4 Å². The number of benzene rings is 2. The van der Waals surface area contributed by atoms with Crippen LogP contribution < -0.4 is 4.90 Å². The molecule has 0 atom stereocenters. The number of nitrogens with zero attached hydrogens (tertiary/aromatic N) is 5. The minimum atomic E-state index is -0.519. The summed E-state index contributed by atoms with van der Waals surface area (Å²) >= 11 is 0. The molecule has 0 saturated heterocycles. The van der Waals surface area contributed by atoms with E-state index in [0.29, 0.717) is 24.3 Å². The maximum atomic E-state index is 13.5. The van der Waals surface area contributed by atoms with Gasteiger partial charge in [0.2, 0.25) is 5.82 Å². The van der Waals surface area contributed by atoms with Crippen molar-refractivity contribution >= 4 is 23.3 Å². The fourth-order valence-electron chi connectivity index (χ4n) is 4.70. The summed E-state index contributed by atoms with van der Waals surface area (Å²) in [6, 6.07) is 17.5. The van der Waals surface area contributed by atoms with E-state index in [1.807, 2.05) is 50.2 Å². The highest BCUT2D eigenvalue weighted by atomic mass is 19.1. The summed E-state index contributed by atoms with van der Waals surface area (Å²) in [6.45, 7) is 4.49. The summed E-state index contributed by atoms with van der Waals surface area (Å²) in [5, 5.41) is 5.60. The predicted molar refractivity (Wildman–Crippen MR) is 138 cm³/mol. The van der Waals surface area contributed by atoms with Crippen molar-refractivity contribution in [3.63, 3.8) is 0 Å². The van der Waals surface area contributed by atoms with Crippen LogP contribution in [0, 0.1) is 5.82 Å². The van der Waals surface area contributed by atoms with Crippen LogP contribution in [0.4, 0.5) is 14.9 Å². The standard InChI is InChI=1S/C28H28FN5O4/c1-28(2)17-33(27(36)38-16-19-8-6-5-7-9-19)22-15-20(14-18-10-12-21(29)13-11-18)25-30-24(26(35)32(3)37-4)31-34(25)23(22)28/h5-13,15H,14,16-17H2,1-4H3. The number of amides is 2. The van der Waals surface area contributed by atoms with Crippen molar-refractivity contribution in [2.45, 2.75) is 32.3 Å². The Kier molecular flexibility index (Phi) is 6.58. The highest BCUT2D eigenvalue weighted by Gasteiger charge is 2.42. The Morgan fingerprint density at radius 3 is 2.47 bits per heavy atom. The Labute approximate surface area is 219 Å². The Bertz CT molecular complexity index is 1500. The van der Waals surface area contributed by atoms with Gasteiger partial charge in [-0.2, -0.15) is 0 Å². The molecular formula is C28H28FN5O4. The topological polar surface area (TPSA) is 89.3 Å². The predicted octanol–water partition coefficient (Wildman–Crippen LogP) is 4.53. The van der Waals surface area contributed by atoms with Gasteiger partial charge in [-0.05, 0) is 29.3 Å². The molecule has 4 aromatic rings. The first-order valence-corrected chi connectivity index (χ1v) is 12.2. The van der Waals surface area contributed by atoms with Crippen molar-refractivity contribution in [2.75, 3.05) is 25.6 Å². The largest absolute Gasteiger partial charge is 0.444 e. The summed E-state index contributed by atoms with van der Waals surface area (Å²) in [5.74, 6) is -0.878. The molecule has 0 unspecified atom stereocenters. The van der Waals surface area contributed by atoms with E-state index < -0.39 is 17.4 Å². The third kappa shape index (κ3) is 4.70. The van der Waals surface area contributed by atoms with Gasteiger partial charge < -0.3 is 4.74 Å². The van der Waals surface area contributed by atoms with Gasteiger partial charge in [0.15, 0.2) is 5.65 Å². The number of pyridine rings is 1. The zero-order chi connectivity index (χ0) is 27.0. The van der Waals surface area contributed by atoms with Crippen LogP contribution in [0.3, 0.4) is 0 Å². The molecular weight excluding hydrogens is 489 g/mol. The average Bonchev–Trinajstić information content (AvgIpc) is 3.47. The number of halogens is 1. The molecule has 196 valence electrons. The molecule has 0 radical (unpaired) electrons. The highest BCUT2D eigenvalue weighted by molar-refractivity contribution is 5.93. The molecule has 38 heavy (non-hydrogen) atoms. The zero-order valence-electron chi connectivity index (χ0n) is 21.6. The molecule has 0 spiro atoms. The lowest BCUT2D eigenvalue weighted by Gasteiger charge is -2.20. The van der Waals surface area contributed by atoms with Gasteiger partial charge in [-0.1, -0.05) is 56.3 Å². The van der Waals surface area contributed by atoms with Gasteiger partial charge in [0.1, 0.15) is 12.4 Å². The van der Waals surface area contributed by atoms with Crippen LogP contribution in [0.1, 0.15) is 46.9 Å². The zero-order valence-corrected chi connectivity index (χ0v) is 21.6. The van der Waals surface area contributed by atoms with E-state index in [-0.39, 0.29) is 18.2 Å². The lowest BCUT2D eigenvalue weighted by molar-refractivity contribution is -0.0764. The maximum absolute atomic E-state index is 13.5. The van der Waals surface area contributed by atoms with Crippen LogP contribution in [0.2, 0.25) is 0 Å². The Hall–Kier alpha value is -4.31. The molecule has 1 aliphatic heterocycles. The quantitative estimate of drug-likeness (QED) is 0.349. The van der Waals surface area contributed by atoms with E-state index in [9.17, 15) is 14.0 Å². The van der Waals surface area contributed by atoms with Gasteiger partial charge in [0.25, 0.3) is 0 Å². The van der Waals surface area contributed by atoms with Crippen molar-refractivity contribution in [2.24, 2.45) is 0 Å². The van der Waals surface area contributed by atoms with E-state index in [2.05, 4.69) is 10.1 Å². The van der Waals surface area contributed by atoms with Crippen LogP contribution >= 0.6 is 0 Å². The first kappa shape index (κ1) is 25.3. The van der Waals surface area contributed by atoms with Crippen LogP contribution in [0.5, 0.6) is 0 Å². The monoisotopic (exact) mass is 517 g/mol.